The Labute approximate surface area is 171 Å². The first kappa shape index (κ1) is 21.7. The highest BCUT2D eigenvalue weighted by atomic mass is 19.4. The number of halogens is 3. The third-order valence-electron chi connectivity index (χ3n) is 5.24. The van der Waals surface area contributed by atoms with Crippen LogP contribution in [0.15, 0.2) is 18.2 Å². The zero-order valence-electron chi connectivity index (χ0n) is 16.6. The van der Waals surface area contributed by atoms with Crippen molar-refractivity contribution >= 4 is 17.8 Å². The minimum absolute atomic E-state index is 0.225. The Kier molecular flexibility index (Phi) is 6.09. The number of urea groups is 1. The van der Waals surface area contributed by atoms with Gasteiger partial charge in [0.15, 0.2) is 11.5 Å². The summed E-state index contributed by atoms with van der Waals surface area (Å²) in [6, 6.07) is 3.50. The van der Waals surface area contributed by atoms with Crippen LogP contribution in [0, 0.1) is 0 Å². The summed E-state index contributed by atoms with van der Waals surface area (Å²) in [7, 11) is 2.96. The molecule has 2 fully saturated rings. The fraction of sp³-hybridized carbons (Fsp3) is 0.526. The van der Waals surface area contributed by atoms with Crippen LogP contribution < -0.4 is 9.47 Å². The van der Waals surface area contributed by atoms with Gasteiger partial charge < -0.3 is 19.3 Å². The number of rotatable bonds is 5. The molecule has 0 radical (unpaired) electrons. The number of piperidine rings is 1. The fourth-order valence-corrected chi connectivity index (χ4v) is 3.71. The van der Waals surface area contributed by atoms with E-state index in [0.29, 0.717) is 43.0 Å². The van der Waals surface area contributed by atoms with E-state index in [0.717, 1.165) is 0 Å². The molecule has 0 saturated carbocycles. The number of methoxy groups -OCH3 is 2. The minimum Gasteiger partial charge on any atom is -0.493 e. The molecule has 2 aliphatic heterocycles. The predicted molar refractivity (Wildman–Crippen MR) is 98.3 cm³/mol. The normalized spacial score (nSPS) is 18.2. The maximum absolute atomic E-state index is 12.8. The topological polar surface area (TPSA) is 79.4 Å². The van der Waals surface area contributed by atoms with Crippen LogP contribution in [-0.4, -0.2) is 85.2 Å². The molecule has 0 atom stereocenters. The van der Waals surface area contributed by atoms with Crippen LogP contribution in [0.4, 0.5) is 18.0 Å². The molecule has 164 valence electrons. The van der Waals surface area contributed by atoms with Crippen molar-refractivity contribution in [3.8, 4) is 11.5 Å². The van der Waals surface area contributed by atoms with Gasteiger partial charge in [-0.15, -0.1) is 0 Å². The fourth-order valence-electron chi connectivity index (χ4n) is 3.71. The molecule has 8 nitrogen and oxygen atoms in total. The molecule has 0 aromatic heterocycles. The van der Waals surface area contributed by atoms with E-state index >= 15 is 0 Å². The molecule has 0 bridgehead atoms. The SMILES string of the molecule is COc1ccc(C(=O)N2CCC(N3CC(=O)N(CC(F)(F)F)C3=O)CC2)cc1OC. The number of carbonyl (C=O) groups excluding carboxylic acids is 3. The number of hydrogen-bond donors (Lipinski definition) is 0. The summed E-state index contributed by atoms with van der Waals surface area (Å²) in [4.78, 5) is 39.9. The van der Waals surface area contributed by atoms with E-state index < -0.39 is 30.7 Å². The summed E-state index contributed by atoms with van der Waals surface area (Å²) >= 11 is 0. The van der Waals surface area contributed by atoms with Crippen molar-refractivity contribution < 1.29 is 37.0 Å². The number of ether oxygens (including phenoxy) is 2. The van der Waals surface area contributed by atoms with E-state index in [9.17, 15) is 27.6 Å². The van der Waals surface area contributed by atoms with Gasteiger partial charge in [-0.3, -0.25) is 14.5 Å². The second kappa shape index (κ2) is 8.41. The number of likely N-dealkylation sites (tertiary alicyclic amines) is 1. The molecule has 3 rings (SSSR count). The Balaban J connectivity index is 1.62. The van der Waals surface area contributed by atoms with Gasteiger partial charge in [0.25, 0.3) is 11.8 Å². The van der Waals surface area contributed by atoms with Crippen molar-refractivity contribution in [2.24, 2.45) is 0 Å². The van der Waals surface area contributed by atoms with Gasteiger partial charge >= 0.3 is 12.2 Å². The molecular weight excluding hydrogens is 407 g/mol. The summed E-state index contributed by atoms with van der Waals surface area (Å²) in [6.07, 6.45) is -3.90. The maximum atomic E-state index is 12.8. The highest BCUT2D eigenvalue weighted by Gasteiger charge is 2.45. The first-order valence-corrected chi connectivity index (χ1v) is 9.33. The van der Waals surface area contributed by atoms with Gasteiger partial charge in [0.05, 0.1) is 14.2 Å². The zero-order valence-corrected chi connectivity index (χ0v) is 16.6. The first-order valence-electron chi connectivity index (χ1n) is 9.33. The molecule has 1 aromatic carbocycles. The highest BCUT2D eigenvalue weighted by Crippen LogP contribution is 2.29. The second-order valence-electron chi connectivity index (χ2n) is 7.10. The van der Waals surface area contributed by atoms with Crippen molar-refractivity contribution in [2.45, 2.75) is 25.1 Å². The molecule has 0 unspecified atom stereocenters. The zero-order chi connectivity index (χ0) is 22.1. The van der Waals surface area contributed by atoms with Crippen LogP contribution in [0.5, 0.6) is 11.5 Å². The lowest BCUT2D eigenvalue weighted by Gasteiger charge is -2.36. The monoisotopic (exact) mass is 429 g/mol. The summed E-state index contributed by atoms with van der Waals surface area (Å²) < 4.78 is 48.2. The number of hydrogen-bond acceptors (Lipinski definition) is 5. The van der Waals surface area contributed by atoms with E-state index in [1.165, 1.54) is 19.1 Å². The van der Waals surface area contributed by atoms with Gasteiger partial charge in [-0.2, -0.15) is 13.2 Å². The third-order valence-corrected chi connectivity index (χ3v) is 5.24. The Morgan fingerprint density at radius 2 is 1.73 bits per heavy atom. The molecule has 0 spiro atoms. The van der Waals surface area contributed by atoms with Crippen LogP contribution in [-0.2, 0) is 4.79 Å². The number of amides is 4. The van der Waals surface area contributed by atoms with Crippen molar-refractivity contribution in [1.82, 2.24) is 14.7 Å². The quantitative estimate of drug-likeness (QED) is 0.670. The van der Waals surface area contributed by atoms with E-state index in [4.69, 9.17) is 9.47 Å². The van der Waals surface area contributed by atoms with E-state index in [1.807, 2.05) is 0 Å². The molecule has 2 heterocycles. The number of alkyl halides is 3. The largest absolute Gasteiger partial charge is 0.493 e. The van der Waals surface area contributed by atoms with Crippen molar-refractivity contribution in [1.29, 1.82) is 0 Å². The lowest BCUT2D eigenvalue weighted by atomic mass is 10.0. The van der Waals surface area contributed by atoms with E-state index in [-0.39, 0.29) is 17.4 Å². The smallest absolute Gasteiger partial charge is 0.406 e. The summed E-state index contributed by atoms with van der Waals surface area (Å²) in [5, 5.41) is 0. The van der Waals surface area contributed by atoms with Gasteiger partial charge in [0, 0.05) is 24.7 Å². The molecule has 0 aliphatic carbocycles. The second-order valence-corrected chi connectivity index (χ2v) is 7.10. The number of carbonyl (C=O) groups is 3. The van der Waals surface area contributed by atoms with Crippen LogP contribution >= 0.6 is 0 Å². The Hall–Kier alpha value is -2.98. The van der Waals surface area contributed by atoms with Crippen LogP contribution in [0.2, 0.25) is 0 Å². The van der Waals surface area contributed by atoms with Gasteiger partial charge in [0.1, 0.15) is 13.1 Å². The first-order chi connectivity index (χ1) is 14.1. The predicted octanol–water partition coefficient (Wildman–Crippen LogP) is 2.13. The molecule has 0 N–H and O–H groups in total. The van der Waals surface area contributed by atoms with E-state index in [1.54, 1.807) is 23.1 Å². The Morgan fingerprint density at radius 3 is 2.30 bits per heavy atom. The van der Waals surface area contributed by atoms with Gasteiger partial charge in [0.2, 0.25) is 0 Å². The average Bonchev–Trinajstić information content (AvgIpc) is 2.99. The lowest BCUT2D eigenvalue weighted by Crippen LogP contribution is -2.48. The number of nitrogens with zero attached hydrogens (tertiary/aromatic N) is 3. The third kappa shape index (κ3) is 4.44. The highest BCUT2D eigenvalue weighted by molar-refractivity contribution is 6.02. The average molecular weight is 429 g/mol. The van der Waals surface area contributed by atoms with Gasteiger partial charge in [-0.05, 0) is 31.0 Å². The van der Waals surface area contributed by atoms with E-state index in [2.05, 4.69) is 0 Å². The van der Waals surface area contributed by atoms with Crippen molar-refractivity contribution in [2.75, 3.05) is 40.4 Å². The molecule has 2 aliphatic rings. The summed E-state index contributed by atoms with van der Waals surface area (Å²) in [6.45, 7) is -1.33. The van der Waals surface area contributed by atoms with Crippen LogP contribution in [0.25, 0.3) is 0 Å². The van der Waals surface area contributed by atoms with Crippen molar-refractivity contribution in [3.63, 3.8) is 0 Å². The van der Waals surface area contributed by atoms with Gasteiger partial charge in [-0.25, -0.2) is 4.79 Å². The standard InChI is InChI=1S/C19H22F3N3O5/c1-29-14-4-3-12(9-15(14)30-2)17(27)23-7-5-13(6-8-23)24-10-16(26)25(18(24)28)11-19(20,21)22/h3-4,9,13H,5-8,10-11H2,1-2H3. The van der Waals surface area contributed by atoms with Crippen molar-refractivity contribution in [3.05, 3.63) is 23.8 Å². The Morgan fingerprint density at radius 1 is 1.10 bits per heavy atom. The molecule has 4 amide bonds. The maximum Gasteiger partial charge on any atom is 0.406 e. The molecular formula is C19H22F3N3O5. The summed E-state index contributed by atoms with van der Waals surface area (Å²) in [5.41, 5.74) is 0.412. The molecule has 11 heteroatoms. The summed E-state index contributed by atoms with van der Waals surface area (Å²) in [5.74, 6) is -0.171. The Bertz CT molecular complexity index is 837. The lowest BCUT2D eigenvalue weighted by molar-refractivity contribution is -0.151. The number of benzene rings is 1. The van der Waals surface area contributed by atoms with Crippen LogP contribution in [0.1, 0.15) is 23.2 Å². The van der Waals surface area contributed by atoms with Gasteiger partial charge in [-0.1, -0.05) is 0 Å². The molecule has 2 saturated heterocycles. The van der Waals surface area contributed by atoms with Crippen LogP contribution in [0.3, 0.4) is 0 Å². The number of imide groups is 1. The molecule has 1 aromatic rings. The minimum atomic E-state index is -4.64. The molecule has 30 heavy (non-hydrogen) atoms.